The van der Waals surface area contributed by atoms with E-state index in [0.29, 0.717) is 43.5 Å². The molecule has 0 radical (unpaired) electrons. The van der Waals surface area contributed by atoms with Gasteiger partial charge in [0.15, 0.2) is 0 Å². The van der Waals surface area contributed by atoms with Gasteiger partial charge in [-0.25, -0.2) is 13.2 Å². The quantitative estimate of drug-likeness (QED) is 0.691. The molecule has 0 saturated carbocycles. The number of carbonyl (C=O) groups excluding carboxylic acids is 2. The Morgan fingerprint density at radius 1 is 1.07 bits per heavy atom. The van der Waals surface area contributed by atoms with Gasteiger partial charge in [-0.1, -0.05) is 19.9 Å². The molecule has 0 unspecified atom stereocenters. The van der Waals surface area contributed by atoms with Crippen LogP contribution in [0.4, 0.5) is 4.79 Å². The van der Waals surface area contributed by atoms with E-state index in [4.69, 9.17) is 0 Å². The molecule has 9 heteroatoms. The van der Waals surface area contributed by atoms with Crippen LogP contribution in [0.2, 0.25) is 0 Å². The van der Waals surface area contributed by atoms with Crippen molar-refractivity contribution in [1.82, 2.24) is 19.8 Å². The molecule has 2 rings (SSSR count). The Morgan fingerprint density at radius 3 is 2.31 bits per heavy atom. The third kappa shape index (κ3) is 6.80. The SMILES string of the molecule is Cc1ccc(S(=O)(=O)N2CCN(CC(=O)NC(=O)NCCC(C)C)CC2)cc1C. The Bertz CT molecular complexity index is 831. The summed E-state index contributed by atoms with van der Waals surface area (Å²) in [5.74, 6) is 0.0833. The number of nitrogens with one attached hydrogen (secondary N) is 2. The van der Waals surface area contributed by atoms with Crippen LogP contribution in [0, 0.1) is 19.8 Å². The van der Waals surface area contributed by atoms with E-state index < -0.39 is 22.0 Å². The number of sulfonamides is 1. The van der Waals surface area contributed by atoms with E-state index in [2.05, 4.69) is 24.5 Å². The molecule has 29 heavy (non-hydrogen) atoms. The molecule has 1 saturated heterocycles. The first kappa shape index (κ1) is 23.3. The van der Waals surface area contributed by atoms with Crippen molar-refractivity contribution in [3.05, 3.63) is 29.3 Å². The number of hydrogen-bond acceptors (Lipinski definition) is 5. The number of carbonyl (C=O) groups is 2. The van der Waals surface area contributed by atoms with Crippen LogP contribution in [-0.4, -0.2) is 68.8 Å². The fraction of sp³-hybridized carbons (Fsp3) is 0.600. The van der Waals surface area contributed by atoms with E-state index >= 15 is 0 Å². The highest BCUT2D eigenvalue weighted by Crippen LogP contribution is 2.20. The molecule has 1 aromatic rings. The van der Waals surface area contributed by atoms with Crippen molar-refractivity contribution in [3.8, 4) is 0 Å². The summed E-state index contributed by atoms with van der Waals surface area (Å²) in [5, 5.41) is 4.98. The summed E-state index contributed by atoms with van der Waals surface area (Å²) < 4.78 is 27.1. The van der Waals surface area contributed by atoms with Crippen molar-refractivity contribution in [3.63, 3.8) is 0 Å². The lowest BCUT2D eigenvalue weighted by molar-refractivity contribution is -0.121. The zero-order valence-corrected chi connectivity index (χ0v) is 18.5. The van der Waals surface area contributed by atoms with Crippen LogP contribution in [0.3, 0.4) is 0 Å². The van der Waals surface area contributed by atoms with Crippen molar-refractivity contribution >= 4 is 22.0 Å². The first-order chi connectivity index (χ1) is 13.6. The molecule has 3 amide bonds. The number of hydrogen-bond donors (Lipinski definition) is 2. The average Bonchev–Trinajstić information content (AvgIpc) is 2.63. The number of benzene rings is 1. The second-order valence-electron chi connectivity index (χ2n) is 7.91. The Balaban J connectivity index is 1.81. The Hall–Kier alpha value is -1.97. The lowest BCUT2D eigenvalue weighted by Crippen LogP contribution is -2.52. The fourth-order valence-electron chi connectivity index (χ4n) is 3.04. The highest BCUT2D eigenvalue weighted by atomic mass is 32.2. The molecule has 1 aromatic carbocycles. The molecule has 1 fully saturated rings. The monoisotopic (exact) mass is 424 g/mol. The van der Waals surface area contributed by atoms with Gasteiger partial charge in [-0.3, -0.25) is 15.0 Å². The van der Waals surface area contributed by atoms with E-state index in [1.54, 1.807) is 12.1 Å². The Morgan fingerprint density at radius 2 is 1.72 bits per heavy atom. The maximum Gasteiger partial charge on any atom is 0.321 e. The lowest BCUT2D eigenvalue weighted by atomic mass is 10.1. The largest absolute Gasteiger partial charge is 0.338 e. The minimum absolute atomic E-state index is 0.0646. The predicted molar refractivity (Wildman–Crippen MR) is 112 cm³/mol. The number of amides is 3. The normalized spacial score (nSPS) is 16.0. The summed E-state index contributed by atoms with van der Waals surface area (Å²) in [7, 11) is -3.55. The Labute approximate surface area is 173 Å². The minimum atomic E-state index is -3.55. The zero-order valence-electron chi connectivity index (χ0n) is 17.7. The molecule has 1 aliphatic heterocycles. The van der Waals surface area contributed by atoms with Crippen molar-refractivity contribution in [2.24, 2.45) is 5.92 Å². The molecule has 0 atom stereocenters. The predicted octanol–water partition coefficient (Wildman–Crippen LogP) is 1.48. The molecule has 0 bridgehead atoms. The number of imide groups is 1. The number of urea groups is 1. The van der Waals surface area contributed by atoms with Crippen molar-refractivity contribution < 1.29 is 18.0 Å². The maximum atomic E-state index is 12.8. The molecule has 0 aliphatic carbocycles. The van der Waals surface area contributed by atoms with Crippen LogP contribution < -0.4 is 10.6 Å². The molecule has 2 N–H and O–H groups in total. The van der Waals surface area contributed by atoms with Crippen LogP contribution in [0.15, 0.2) is 23.1 Å². The minimum Gasteiger partial charge on any atom is -0.338 e. The second-order valence-corrected chi connectivity index (χ2v) is 9.85. The van der Waals surface area contributed by atoms with Gasteiger partial charge in [-0.05, 0) is 49.4 Å². The summed E-state index contributed by atoms with van der Waals surface area (Å²) in [4.78, 5) is 25.9. The first-order valence-electron chi connectivity index (χ1n) is 9.97. The summed E-state index contributed by atoms with van der Waals surface area (Å²) in [6.07, 6.45) is 0.846. The molecule has 0 aromatic heterocycles. The first-order valence-corrected chi connectivity index (χ1v) is 11.4. The highest BCUT2D eigenvalue weighted by Gasteiger charge is 2.29. The van der Waals surface area contributed by atoms with Gasteiger partial charge in [0.2, 0.25) is 15.9 Å². The van der Waals surface area contributed by atoms with Crippen LogP contribution in [-0.2, 0) is 14.8 Å². The van der Waals surface area contributed by atoms with Crippen molar-refractivity contribution in [2.45, 2.75) is 39.0 Å². The van der Waals surface area contributed by atoms with Gasteiger partial charge in [0.05, 0.1) is 11.4 Å². The summed E-state index contributed by atoms with van der Waals surface area (Å²) in [5.41, 5.74) is 1.99. The van der Waals surface area contributed by atoms with Crippen LogP contribution in [0.25, 0.3) is 0 Å². The highest BCUT2D eigenvalue weighted by molar-refractivity contribution is 7.89. The van der Waals surface area contributed by atoms with Crippen LogP contribution >= 0.6 is 0 Å². The fourth-order valence-corrected chi connectivity index (χ4v) is 4.55. The molecular weight excluding hydrogens is 392 g/mol. The lowest BCUT2D eigenvalue weighted by Gasteiger charge is -2.33. The van der Waals surface area contributed by atoms with E-state index in [0.717, 1.165) is 17.5 Å². The van der Waals surface area contributed by atoms with Gasteiger partial charge in [0.25, 0.3) is 0 Å². The van der Waals surface area contributed by atoms with Gasteiger partial charge < -0.3 is 5.32 Å². The summed E-state index contributed by atoms with van der Waals surface area (Å²) in [6.45, 7) is 10.0. The van der Waals surface area contributed by atoms with Crippen molar-refractivity contribution in [1.29, 1.82) is 0 Å². The summed E-state index contributed by atoms with van der Waals surface area (Å²) in [6, 6.07) is 4.65. The average molecular weight is 425 g/mol. The smallest absolute Gasteiger partial charge is 0.321 e. The second kappa shape index (κ2) is 10.2. The number of aryl methyl sites for hydroxylation is 2. The van der Waals surface area contributed by atoms with E-state index in [1.165, 1.54) is 4.31 Å². The van der Waals surface area contributed by atoms with Gasteiger partial charge in [-0.15, -0.1) is 0 Å². The zero-order chi connectivity index (χ0) is 21.6. The van der Waals surface area contributed by atoms with Gasteiger partial charge in [-0.2, -0.15) is 4.31 Å². The maximum absolute atomic E-state index is 12.8. The molecule has 1 heterocycles. The van der Waals surface area contributed by atoms with Crippen LogP contribution in [0.1, 0.15) is 31.4 Å². The third-order valence-electron chi connectivity index (χ3n) is 5.07. The number of rotatable bonds is 7. The van der Waals surface area contributed by atoms with Gasteiger partial charge in [0.1, 0.15) is 0 Å². The third-order valence-corrected chi connectivity index (χ3v) is 6.97. The standard InChI is InChI=1S/C20H32N4O4S/c1-15(2)7-8-21-20(26)22-19(25)14-23-9-11-24(12-10-23)29(27,28)18-6-5-16(3)17(4)13-18/h5-6,13,15H,7-12,14H2,1-4H3,(H2,21,22,25,26). The van der Waals surface area contributed by atoms with Gasteiger partial charge in [0, 0.05) is 32.7 Å². The van der Waals surface area contributed by atoms with E-state index in [-0.39, 0.29) is 6.54 Å². The van der Waals surface area contributed by atoms with Gasteiger partial charge >= 0.3 is 6.03 Å². The van der Waals surface area contributed by atoms with Crippen LogP contribution in [0.5, 0.6) is 0 Å². The molecule has 1 aliphatic rings. The molecule has 8 nitrogen and oxygen atoms in total. The van der Waals surface area contributed by atoms with Crippen molar-refractivity contribution in [2.75, 3.05) is 39.3 Å². The topological polar surface area (TPSA) is 98.8 Å². The number of nitrogens with zero attached hydrogens (tertiary/aromatic N) is 2. The Kier molecular flexibility index (Phi) is 8.18. The van der Waals surface area contributed by atoms with E-state index in [1.807, 2.05) is 24.8 Å². The molecular formula is C20H32N4O4S. The van der Waals surface area contributed by atoms with E-state index in [9.17, 15) is 18.0 Å². The molecule has 162 valence electrons. The summed E-state index contributed by atoms with van der Waals surface area (Å²) >= 11 is 0. The number of piperazine rings is 1. The molecule has 0 spiro atoms.